The van der Waals surface area contributed by atoms with Gasteiger partial charge in [-0.2, -0.15) is 0 Å². The maximum atomic E-state index is 2.59. The fraction of sp³-hybridized carbons (Fsp3) is 0.600. The molecule has 0 bridgehead atoms. The molecule has 2 aliphatic carbocycles. The maximum Gasteiger partial charge on any atom is 0.0447 e. The molecule has 0 aromatic carbocycles. The summed E-state index contributed by atoms with van der Waals surface area (Å²) in [6.45, 7) is 4.59. The third-order valence-corrected chi connectivity index (χ3v) is 7.62. The highest BCUT2D eigenvalue weighted by atomic mass is 28.2. The zero-order valence-corrected chi connectivity index (χ0v) is 15.4. The van der Waals surface area contributed by atoms with E-state index < -0.39 is 0 Å². The van der Waals surface area contributed by atoms with E-state index in [2.05, 4.69) is 56.4 Å². The fourth-order valence-electron chi connectivity index (χ4n) is 3.65. The van der Waals surface area contributed by atoms with Crippen molar-refractivity contribution in [1.82, 2.24) is 0 Å². The first-order valence-corrected chi connectivity index (χ1v) is 10.5. The van der Waals surface area contributed by atoms with Crippen LogP contribution in [0.5, 0.6) is 0 Å². The van der Waals surface area contributed by atoms with Crippen LogP contribution in [0.4, 0.5) is 0 Å². The maximum absolute atomic E-state index is 2.59. The summed E-state index contributed by atoms with van der Waals surface area (Å²) < 4.78 is 0. The summed E-state index contributed by atoms with van der Waals surface area (Å²) in [5.74, 6) is 0. The third-order valence-electron chi connectivity index (χ3n) is 4.95. The van der Waals surface area contributed by atoms with Gasteiger partial charge in [-0.1, -0.05) is 87.6 Å². The first-order valence-electron chi connectivity index (χ1n) is 9.01. The van der Waals surface area contributed by atoms with E-state index in [9.17, 15) is 0 Å². The predicted octanol–water partition coefficient (Wildman–Crippen LogP) is 5.89. The lowest BCUT2D eigenvalue weighted by atomic mass is 9.93. The van der Waals surface area contributed by atoms with Crippen molar-refractivity contribution >= 4 is 9.52 Å². The van der Waals surface area contributed by atoms with Crippen LogP contribution in [0, 0.1) is 0 Å². The second kappa shape index (κ2) is 8.58. The van der Waals surface area contributed by atoms with Crippen molar-refractivity contribution in [3.8, 4) is 0 Å². The molecule has 0 fully saturated rings. The van der Waals surface area contributed by atoms with Gasteiger partial charge in [0.1, 0.15) is 0 Å². The van der Waals surface area contributed by atoms with Crippen LogP contribution in [-0.4, -0.2) is 9.52 Å². The Bertz CT molecular complexity index is 427. The molecule has 0 heterocycles. The molecular formula is C20H32Si. The van der Waals surface area contributed by atoms with Gasteiger partial charge in [0.25, 0.3) is 0 Å². The predicted molar refractivity (Wildman–Crippen MR) is 98.8 cm³/mol. The Labute approximate surface area is 133 Å². The second-order valence-electron chi connectivity index (χ2n) is 6.88. The average Bonchev–Trinajstić information content (AvgIpc) is 2.93. The SMILES string of the molecule is CCCCCC1([SiH2]C2C=CC(CCCC)=C2)C=CC=CC1. The highest BCUT2D eigenvalue weighted by Crippen LogP contribution is 2.44. The Kier molecular flexibility index (Phi) is 6.76. The topological polar surface area (TPSA) is 0 Å². The first-order chi connectivity index (χ1) is 10.3. The van der Waals surface area contributed by atoms with Crippen LogP contribution in [0.15, 0.2) is 48.1 Å². The molecule has 0 saturated carbocycles. The first kappa shape index (κ1) is 16.5. The van der Waals surface area contributed by atoms with E-state index in [1.807, 2.05) is 0 Å². The van der Waals surface area contributed by atoms with Crippen molar-refractivity contribution in [2.45, 2.75) is 75.8 Å². The third kappa shape index (κ3) is 5.14. The molecule has 0 amide bonds. The number of unbranched alkanes of at least 4 members (excludes halogenated alkanes) is 3. The monoisotopic (exact) mass is 300 g/mol. The van der Waals surface area contributed by atoms with Crippen LogP contribution >= 0.6 is 0 Å². The van der Waals surface area contributed by atoms with Gasteiger partial charge in [0, 0.05) is 9.52 Å². The Hall–Kier alpha value is -0.823. The Balaban J connectivity index is 1.93. The summed E-state index contributed by atoms with van der Waals surface area (Å²) in [6.07, 6.45) is 27.8. The summed E-state index contributed by atoms with van der Waals surface area (Å²) in [6, 6.07) is 0. The van der Waals surface area contributed by atoms with Gasteiger partial charge in [-0.3, -0.25) is 0 Å². The number of rotatable bonds is 9. The van der Waals surface area contributed by atoms with E-state index in [1.54, 1.807) is 5.57 Å². The van der Waals surface area contributed by atoms with Gasteiger partial charge in [0.15, 0.2) is 0 Å². The molecule has 0 radical (unpaired) electrons. The molecule has 21 heavy (non-hydrogen) atoms. The highest BCUT2D eigenvalue weighted by molar-refractivity contribution is 6.44. The van der Waals surface area contributed by atoms with Crippen molar-refractivity contribution in [3.63, 3.8) is 0 Å². The van der Waals surface area contributed by atoms with E-state index in [0.717, 1.165) is 5.54 Å². The summed E-state index contributed by atoms with van der Waals surface area (Å²) in [5.41, 5.74) is 2.41. The average molecular weight is 301 g/mol. The van der Waals surface area contributed by atoms with Gasteiger partial charge < -0.3 is 0 Å². The lowest BCUT2D eigenvalue weighted by Gasteiger charge is -2.33. The molecule has 0 N–H and O–H groups in total. The zero-order valence-electron chi connectivity index (χ0n) is 14.0. The van der Waals surface area contributed by atoms with E-state index in [-0.39, 0.29) is 9.52 Å². The molecule has 0 aromatic rings. The number of allylic oxidation sites excluding steroid dienone is 8. The normalized spacial score (nSPS) is 27.9. The number of hydrogen-bond donors (Lipinski definition) is 0. The van der Waals surface area contributed by atoms with E-state index in [0.29, 0.717) is 5.04 Å². The fourth-order valence-corrected chi connectivity index (χ4v) is 6.34. The Morgan fingerprint density at radius 3 is 2.71 bits per heavy atom. The molecule has 0 spiro atoms. The van der Waals surface area contributed by atoms with Crippen molar-refractivity contribution in [1.29, 1.82) is 0 Å². The molecule has 2 unspecified atom stereocenters. The summed E-state index contributed by atoms with van der Waals surface area (Å²) in [4.78, 5) is 0. The lowest BCUT2D eigenvalue weighted by molar-refractivity contribution is 0.552. The molecule has 1 heteroatoms. The minimum atomic E-state index is -0.149. The molecule has 0 aliphatic heterocycles. The Morgan fingerprint density at radius 1 is 1.14 bits per heavy atom. The summed E-state index contributed by atoms with van der Waals surface area (Å²) in [5, 5.41) is 0.551. The van der Waals surface area contributed by atoms with Gasteiger partial charge in [0.2, 0.25) is 0 Å². The zero-order chi connectivity index (χ0) is 15.0. The Morgan fingerprint density at radius 2 is 2.00 bits per heavy atom. The molecule has 2 aliphatic rings. The van der Waals surface area contributed by atoms with Crippen LogP contribution in [0.3, 0.4) is 0 Å². The van der Waals surface area contributed by atoms with E-state index in [1.165, 1.54) is 51.4 Å². The van der Waals surface area contributed by atoms with Gasteiger partial charge in [-0.15, -0.1) is 0 Å². The smallest absolute Gasteiger partial charge is 0.0447 e. The lowest BCUT2D eigenvalue weighted by Crippen LogP contribution is -2.21. The summed E-state index contributed by atoms with van der Waals surface area (Å²) in [7, 11) is -0.149. The van der Waals surface area contributed by atoms with Crippen molar-refractivity contribution in [2.24, 2.45) is 0 Å². The largest absolute Gasteiger partial charge is 0.0840 e. The van der Waals surface area contributed by atoms with Crippen LogP contribution in [0.25, 0.3) is 0 Å². The van der Waals surface area contributed by atoms with Crippen molar-refractivity contribution in [3.05, 3.63) is 48.1 Å². The van der Waals surface area contributed by atoms with Gasteiger partial charge >= 0.3 is 0 Å². The van der Waals surface area contributed by atoms with Gasteiger partial charge in [-0.25, -0.2) is 0 Å². The minimum absolute atomic E-state index is 0.149. The molecule has 116 valence electrons. The molecule has 0 saturated heterocycles. The van der Waals surface area contributed by atoms with Crippen LogP contribution in [0.2, 0.25) is 10.6 Å². The molecule has 2 rings (SSSR count). The molecule has 2 atom stereocenters. The molecular weight excluding hydrogens is 268 g/mol. The van der Waals surface area contributed by atoms with E-state index >= 15 is 0 Å². The van der Waals surface area contributed by atoms with Gasteiger partial charge in [-0.05, 0) is 36.3 Å². The summed E-state index contributed by atoms with van der Waals surface area (Å²) >= 11 is 0. The van der Waals surface area contributed by atoms with Crippen molar-refractivity contribution in [2.75, 3.05) is 0 Å². The van der Waals surface area contributed by atoms with Crippen LogP contribution in [-0.2, 0) is 0 Å². The van der Waals surface area contributed by atoms with Crippen LogP contribution < -0.4 is 0 Å². The van der Waals surface area contributed by atoms with Crippen molar-refractivity contribution < 1.29 is 0 Å². The number of hydrogen-bond acceptors (Lipinski definition) is 0. The molecule has 0 nitrogen and oxygen atoms in total. The van der Waals surface area contributed by atoms with Gasteiger partial charge in [0.05, 0.1) is 0 Å². The van der Waals surface area contributed by atoms with E-state index in [4.69, 9.17) is 0 Å². The molecule has 0 aromatic heterocycles. The highest BCUT2D eigenvalue weighted by Gasteiger charge is 2.30. The minimum Gasteiger partial charge on any atom is -0.0840 e. The van der Waals surface area contributed by atoms with Crippen LogP contribution in [0.1, 0.15) is 65.2 Å². The second-order valence-corrected chi connectivity index (χ2v) is 9.64. The quantitative estimate of drug-likeness (QED) is 0.368. The standard InChI is InChI=1S/C20H32Si/c1-3-5-8-14-20(15-9-7-10-16-20)21-19-13-12-18(17-19)11-6-4-2/h7,9-10,12-13,15,17,19H,3-6,8,11,14,16,21H2,1-2H3.